The van der Waals surface area contributed by atoms with E-state index in [1.165, 1.54) is 22.7 Å². The summed E-state index contributed by atoms with van der Waals surface area (Å²) in [5, 5.41) is 15.3. The van der Waals surface area contributed by atoms with Crippen LogP contribution in [0.5, 0.6) is 0 Å². The van der Waals surface area contributed by atoms with Crippen LogP contribution in [0.1, 0.15) is 37.8 Å². The second-order valence-electron chi connectivity index (χ2n) is 11.6. The number of rotatable bonds is 5. The van der Waals surface area contributed by atoms with Gasteiger partial charge >= 0.3 is 6.18 Å². The number of piperidine rings is 1. The number of amides is 1. The van der Waals surface area contributed by atoms with Gasteiger partial charge in [-0.05, 0) is 43.0 Å². The van der Waals surface area contributed by atoms with Crippen LogP contribution in [0.2, 0.25) is 5.15 Å². The fourth-order valence-electron chi connectivity index (χ4n) is 6.12. The van der Waals surface area contributed by atoms with Gasteiger partial charge in [0, 0.05) is 25.3 Å². The maximum absolute atomic E-state index is 13.4. The first-order chi connectivity index (χ1) is 19.4. The predicted octanol–water partition coefficient (Wildman–Crippen LogP) is 3.44. The molecule has 0 radical (unpaired) electrons. The summed E-state index contributed by atoms with van der Waals surface area (Å²) in [5.74, 6) is -2.16. The van der Waals surface area contributed by atoms with Crippen molar-refractivity contribution in [3.8, 4) is 5.69 Å². The minimum atomic E-state index is -4.40. The van der Waals surface area contributed by atoms with Crippen molar-refractivity contribution in [1.29, 1.82) is 0 Å². The van der Waals surface area contributed by atoms with Crippen molar-refractivity contribution in [2.45, 2.75) is 50.6 Å². The molecule has 1 aliphatic carbocycles. The highest BCUT2D eigenvalue weighted by molar-refractivity contribution is 6.31. The van der Waals surface area contributed by atoms with E-state index in [4.69, 9.17) is 16.3 Å². The summed E-state index contributed by atoms with van der Waals surface area (Å²) < 4.78 is 47.9. The normalized spacial score (nSPS) is 26.3. The lowest BCUT2D eigenvalue weighted by Gasteiger charge is -2.39. The number of likely N-dealkylation sites (tertiary alicyclic amines) is 1. The van der Waals surface area contributed by atoms with E-state index in [-0.39, 0.29) is 50.5 Å². The number of nitrogens with one attached hydrogen (secondary N) is 1. The molecule has 3 aliphatic rings. The number of aromatic nitrogens is 3. The Morgan fingerprint density at radius 3 is 2.56 bits per heavy atom. The van der Waals surface area contributed by atoms with Crippen LogP contribution in [0.4, 0.5) is 13.2 Å². The largest absolute Gasteiger partial charge is 0.392 e. The van der Waals surface area contributed by atoms with Crippen molar-refractivity contribution < 1.29 is 27.8 Å². The Bertz CT molecular complexity index is 1520. The lowest BCUT2D eigenvalue weighted by Crippen LogP contribution is -2.51. The van der Waals surface area contributed by atoms with Gasteiger partial charge < -0.3 is 20.1 Å². The topological polar surface area (TPSA) is 102 Å². The predicted molar refractivity (Wildman–Crippen MR) is 145 cm³/mol. The second-order valence-corrected chi connectivity index (χ2v) is 12.0. The molecule has 1 amide bonds. The zero-order chi connectivity index (χ0) is 29.2. The summed E-state index contributed by atoms with van der Waals surface area (Å²) in [7, 11) is 0. The van der Waals surface area contributed by atoms with E-state index in [1.54, 1.807) is 10.6 Å². The highest BCUT2D eigenvalue weighted by Gasteiger charge is 2.68. The summed E-state index contributed by atoms with van der Waals surface area (Å²) in [4.78, 5) is 32.1. The molecule has 41 heavy (non-hydrogen) atoms. The maximum Gasteiger partial charge on any atom is 0.392 e. The average molecular weight is 594 g/mol. The third-order valence-corrected chi connectivity index (χ3v) is 9.06. The Balaban J connectivity index is 1.16. The zero-order valence-corrected chi connectivity index (χ0v) is 23.2. The van der Waals surface area contributed by atoms with Crippen LogP contribution in [0.25, 0.3) is 16.7 Å². The first-order valence-corrected chi connectivity index (χ1v) is 14.0. The summed E-state index contributed by atoms with van der Waals surface area (Å²) >= 11 is 6.55. The van der Waals surface area contributed by atoms with Crippen LogP contribution in [0.3, 0.4) is 0 Å². The molecule has 3 fully saturated rings. The van der Waals surface area contributed by atoms with Gasteiger partial charge in [0.05, 0.1) is 48.1 Å². The Hall–Kier alpha value is -2.93. The molecule has 2 saturated heterocycles. The Morgan fingerprint density at radius 1 is 1.24 bits per heavy atom. The molecule has 3 aromatic rings. The second kappa shape index (κ2) is 10.1. The first-order valence-electron chi connectivity index (χ1n) is 13.7. The number of alkyl halides is 3. The van der Waals surface area contributed by atoms with Crippen molar-refractivity contribution in [2.24, 2.45) is 11.3 Å². The first kappa shape index (κ1) is 28.2. The number of fused-ring (bicyclic) bond motifs is 1. The van der Waals surface area contributed by atoms with Gasteiger partial charge in [0.25, 0.3) is 5.56 Å². The molecule has 1 aromatic carbocycles. The van der Waals surface area contributed by atoms with Gasteiger partial charge in [-0.1, -0.05) is 30.7 Å². The number of morpholine rings is 1. The molecule has 0 unspecified atom stereocenters. The SMILES string of the molecule is C[C@@]1(C(=O)N2CCC(O)(Cn3cnc4c(cc(Cl)n4-c4ccc([C@@H]5COCCN5)cc4)c3=O)CC2)C[C@H]1C(F)(F)F. The molecule has 2 aromatic heterocycles. The number of hydrogen-bond donors (Lipinski definition) is 2. The van der Waals surface area contributed by atoms with Crippen LogP contribution in [0.15, 0.2) is 41.5 Å². The fourth-order valence-corrected chi connectivity index (χ4v) is 6.41. The lowest BCUT2D eigenvalue weighted by atomic mass is 9.90. The summed E-state index contributed by atoms with van der Waals surface area (Å²) in [6, 6.07) is 9.41. The van der Waals surface area contributed by atoms with Gasteiger partial charge in [-0.15, -0.1) is 0 Å². The van der Waals surface area contributed by atoms with Gasteiger partial charge in [-0.3, -0.25) is 18.7 Å². The smallest absolute Gasteiger partial charge is 0.388 e. The minimum Gasteiger partial charge on any atom is -0.388 e. The van der Waals surface area contributed by atoms with E-state index < -0.39 is 29.0 Å². The van der Waals surface area contributed by atoms with Crippen molar-refractivity contribution in [2.75, 3.05) is 32.8 Å². The van der Waals surface area contributed by atoms with Crippen molar-refractivity contribution in [3.63, 3.8) is 0 Å². The highest BCUT2D eigenvalue weighted by atomic mass is 35.5. The lowest BCUT2D eigenvalue weighted by molar-refractivity contribution is -0.165. The molecule has 2 aliphatic heterocycles. The summed E-state index contributed by atoms with van der Waals surface area (Å²) in [6.07, 6.45) is -2.99. The number of nitrogens with zero attached hydrogens (tertiary/aromatic N) is 4. The van der Waals surface area contributed by atoms with Crippen LogP contribution >= 0.6 is 11.6 Å². The summed E-state index contributed by atoms with van der Waals surface area (Å²) in [6.45, 7) is 3.57. The monoisotopic (exact) mass is 593 g/mol. The van der Waals surface area contributed by atoms with Crippen LogP contribution in [-0.2, 0) is 16.1 Å². The van der Waals surface area contributed by atoms with Gasteiger partial charge in [0.1, 0.15) is 11.5 Å². The number of benzene rings is 1. The maximum atomic E-state index is 13.4. The number of ether oxygens (including phenoxy) is 1. The quantitative estimate of drug-likeness (QED) is 0.470. The van der Waals surface area contributed by atoms with Crippen molar-refractivity contribution in [3.05, 3.63) is 57.7 Å². The third-order valence-electron chi connectivity index (χ3n) is 8.78. The van der Waals surface area contributed by atoms with E-state index >= 15 is 0 Å². The molecule has 220 valence electrons. The summed E-state index contributed by atoms with van der Waals surface area (Å²) in [5.41, 5.74) is -0.934. The van der Waals surface area contributed by atoms with Gasteiger partial charge in [-0.2, -0.15) is 13.2 Å². The highest BCUT2D eigenvalue weighted by Crippen LogP contribution is 2.61. The number of carbonyl (C=O) groups is 1. The van der Waals surface area contributed by atoms with Gasteiger partial charge in [0.15, 0.2) is 5.65 Å². The van der Waals surface area contributed by atoms with Crippen LogP contribution in [0, 0.1) is 11.3 Å². The Labute approximate surface area is 238 Å². The Kier molecular flexibility index (Phi) is 6.95. The molecule has 6 rings (SSSR count). The molecule has 1 saturated carbocycles. The van der Waals surface area contributed by atoms with Crippen molar-refractivity contribution >= 4 is 28.5 Å². The standard InChI is InChI=1S/C28H31ClF3N5O4/c1-26(13-21(26)28(30,31)32)25(39)35-9-6-27(40,7-10-35)15-36-16-34-23-19(24(36)38)12-22(29)37(23)18-4-2-17(3-5-18)20-14-41-11-8-33-20/h2-5,12,16,20-21,33,40H,6-11,13-15H2,1H3/t20-,21+,26+/m0/s1. The van der Waals surface area contributed by atoms with E-state index in [9.17, 15) is 27.9 Å². The molecule has 3 atom stereocenters. The van der Waals surface area contributed by atoms with E-state index in [0.717, 1.165) is 17.8 Å². The van der Waals surface area contributed by atoms with Crippen molar-refractivity contribution in [1.82, 2.24) is 24.3 Å². The van der Waals surface area contributed by atoms with E-state index in [1.807, 2.05) is 24.3 Å². The van der Waals surface area contributed by atoms with E-state index in [2.05, 4.69) is 10.3 Å². The zero-order valence-electron chi connectivity index (χ0n) is 22.5. The van der Waals surface area contributed by atoms with Crippen LogP contribution in [-0.4, -0.2) is 74.7 Å². The molecular weight excluding hydrogens is 563 g/mol. The molecule has 0 bridgehead atoms. The number of aliphatic hydroxyl groups is 1. The van der Waals surface area contributed by atoms with E-state index in [0.29, 0.717) is 29.4 Å². The van der Waals surface area contributed by atoms with Crippen LogP contribution < -0.4 is 10.9 Å². The molecule has 9 nitrogen and oxygen atoms in total. The minimum absolute atomic E-state index is 0.0623. The molecular formula is C28H31ClF3N5O4. The number of carbonyl (C=O) groups excluding carboxylic acids is 1. The number of hydrogen-bond acceptors (Lipinski definition) is 6. The third kappa shape index (κ3) is 5.15. The Morgan fingerprint density at radius 2 is 1.95 bits per heavy atom. The molecule has 4 heterocycles. The van der Waals surface area contributed by atoms with Gasteiger partial charge in [0.2, 0.25) is 5.91 Å². The number of halogens is 4. The average Bonchev–Trinajstić information content (AvgIpc) is 3.56. The molecule has 2 N–H and O–H groups in total. The van der Waals surface area contributed by atoms with Gasteiger partial charge in [-0.25, -0.2) is 4.98 Å². The molecule has 13 heteroatoms. The molecule has 0 spiro atoms. The fraction of sp³-hybridized carbons (Fsp3) is 0.536.